The number of carbonyl (C=O) groups excluding carboxylic acids is 2. The molecule has 0 saturated heterocycles. The molecule has 0 fully saturated rings. The van der Waals surface area contributed by atoms with Crippen molar-refractivity contribution < 1.29 is 19.1 Å². The van der Waals surface area contributed by atoms with E-state index < -0.39 is 3.74 Å². The molecule has 0 saturated carbocycles. The minimum atomic E-state index is -0.556. The fraction of sp³-hybridized carbons (Fsp3) is 0.176. The molecule has 3 rings (SSSR count). The summed E-state index contributed by atoms with van der Waals surface area (Å²) < 4.78 is 10.6. The number of anilines is 1. The highest BCUT2D eigenvalue weighted by Crippen LogP contribution is 2.38. The molecule has 1 aliphatic rings. The van der Waals surface area contributed by atoms with Crippen molar-refractivity contribution in [1.82, 2.24) is 0 Å². The van der Waals surface area contributed by atoms with Gasteiger partial charge in [0, 0.05) is 6.07 Å². The summed E-state index contributed by atoms with van der Waals surface area (Å²) in [4.78, 5) is 23.9. The smallest absolute Gasteiger partial charge is 0.262 e. The summed E-state index contributed by atoms with van der Waals surface area (Å²) in [5.41, 5.74) is 1.78. The number of carbonyl (C=O) groups is 2. The minimum Gasteiger partial charge on any atom is -0.489 e. The van der Waals surface area contributed by atoms with Crippen molar-refractivity contribution in [2.75, 3.05) is 11.9 Å². The number of hydrogen-bond donors (Lipinski definition) is 1. The molecule has 7 heteroatoms. The zero-order valence-electron chi connectivity index (χ0n) is 12.4. The molecule has 0 radical (unpaired) electrons. The van der Waals surface area contributed by atoms with Crippen molar-refractivity contribution >= 4 is 49.2 Å². The van der Waals surface area contributed by atoms with E-state index in [1.165, 1.54) is 0 Å². The third kappa shape index (κ3) is 3.79. The van der Waals surface area contributed by atoms with Crippen LogP contribution in [0.15, 0.2) is 42.5 Å². The Balaban J connectivity index is 1.92. The number of Topliss-reactive ketones (excluding diaryl/α,β-unsaturated/α-hetero) is 1. The van der Waals surface area contributed by atoms with Gasteiger partial charge >= 0.3 is 0 Å². The Bertz CT molecular complexity index is 778. The summed E-state index contributed by atoms with van der Waals surface area (Å²) in [6, 6.07) is 13.0. The molecular weight excluding hydrogens is 442 g/mol. The first-order chi connectivity index (χ1) is 11.5. The van der Waals surface area contributed by atoms with Crippen molar-refractivity contribution in [3.05, 3.63) is 53.6 Å². The highest BCUT2D eigenvalue weighted by atomic mass is 79.9. The van der Waals surface area contributed by atoms with E-state index in [1.807, 2.05) is 30.3 Å². The van der Waals surface area contributed by atoms with Crippen LogP contribution < -0.4 is 14.8 Å². The van der Waals surface area contributed by atoms with Crippen LogP contribution >= 0.6 is 31.9 Å². The van der Waals surface area contributed by atoms with Crippen LogP contribution in [0.2, 0.25) is 0 Å². The highest BCUT2D eigenvalue weighted by molar-refractivity contribution is 9.25. The molecule has 0 spiro atoms. The van der Waals surface area contributed by atoms with Gasteiger partial charge in [-0.2, -0.15) is 0 Å². The lowest BCUT2D eigenvalue weighted by atomic mass is 10.1. The maximum absolute atomic E-state index is 12.4. The van der Waals surface area contributed by atoms with Crippen LogP contribution in [0.5, 0.6) is 11.5 Å². The van der Waals surface area contributed by atoms with Crippen LogP contribution in [0.1, 0.15) is 15.9 Å². The first kappa shape index (κ1) is 17.0. The maximum Gasteiger partial charge on any atom is 0.262 e. The van der Waals surface area contributed by atoms with Crippen LogP contribution in [-0.4, -0.2) is 22.0 Å². The average Bonchev–Trinajstić information content (AvgIpc) is 2.59. The SMILES string of the molecule is O=C1COc2c(cc(OCc3ccccc3)cc2C(=O)C(Br)Br)N1. The Hall–Kier alpha value is -1.86. The Morgan fingerprint density at radius 3 is 2.71 bits per heavy atom. The number of amides is 1. The molecule has 24 heavy (non-hydrogen) atoms. The molecule has 2 aromatic rings. The number of benzene rings is 2. The van der Waals surface area contributed by atoms with Crippen LogP contribution in [0.4, 0.5) is 5.69 Å². The fourth-order valence-corrected chi connectivity index (χ4v) is 2.79. The maximum atomic E-state index is 12.4. The van der Waals surface area contributed by atoms with Gasteiger partial charge in [-0.05, 0) is 11.6 Å². The molecular formula is C17H13Br2NO4. The second kappa shape index (κ2) is 7.36. The van der Waals surface area contributed by atoms with E-state index in [0.717, 1.165) is 5.56 Å². The summed E-state index contributed by atoms with van der Waals surface area (Å²) in [6.07, 6.45) is 0. The molecule has 124 valence electrons. The molecule has 0 atom stereocenters. The molecule has 2 aromatic carbocycles. The van der Waals surface area contributed by atoms with E-state index in [2.05, 4.69) is 37.2 Å². The minimum absolute atomic E-state index is 0.118. The molecule has 0 bridgehead atoms. The first-order valence-electron chi connectivity index (χ1n) is 7.14. The Labute approximate surface area is 155 Å². The Morgan fingerprint density at radius 1 is 1.25 bits per heavy atom. The van der Waals surface area contributed by atoms with E-state index in [4.69, 9.17) is 9.47 Å². The number of nitrogens with one attached hydrogen (secondary N) is 1. The number of fused-ring (bicyclic) bond motifs is 1. The lowest BCUT2D eigenvalue weighted by Gasteiger charge is -2.22. The van der Waals surface area contributed by atoms with Crippen molar-refractivity contribution in [1.29, 1.82) is 0 Å². The number of rotatable bonds is 5. The second-order valence-corrected chi connectivity index (χ2v) is 8.18. The van der Waals surface area contributed by atoms with Crippen molar-refractivity contribution in [2.45, 2.75) is 10.3 Å². The van der Waals surface area contributed by atoms with Gasteiger partial charge in [0.05, 0.1) is 11.3 Å². The molecule has 0 aromatic heterocycles. The van der Waals surface area contributed by atoms with Gasteiger partial charge in [0.25, 0.3) is 5.91 Å². The summed E-state index contributed by atoms with van der Waals surface area (Å²) in [7, 11) is 0. The third-order valence-corrected chi connectivity index (χ3v) is 4.23. The van der Waals surface area contributed by atoms with Gasteiger partial charge in [0.1, 0.15) is 16.1 Å². The van der Waals surface area contributed by atoms with E-state index >= 15 is 0 Å². The summed E-state index contributed by atoms with van der Waals surface area (Å²) >= 11 is 6.40. The van der Waals surface area contributed by atoms with Crippen LogP contribution in [0, 0.1) is 0 Å². The summed E-state index contributed by atoms with van der Waals surface area (Å²) in [5, 5.41) is 2.71. The first-order valence-corrected chi connectivity index (χ1v) is 8.97. The number of hydrogen-bond acceptors (Lipinski definition) is 4. The average molecular weight is 455 g/mol. The van der Waals surface area contributed by atoms with Gasteiger partial charge in [-0.25, -0.2) is 0 Å². The van der Waals surface area contributed by atoms with Crippen LogP contribution in [-0.2, 0) is 11.4 Å². The van der Waals surface area contributed by atoms with E-state index in [9.17, 15) is 9.59 Å². The van der Waals surface area contributed by atoms with Gasteiger partial charge in [-0.1, -0.05) is 62.2 Å². The summed E-state index contributed by atoms with van der Waals surface area (Å²) in [5.74, 6) is 0.353. The van der Waals surface area contributed by atoms with E-state index in [1.54, 1.807) is 12.1 Å². The highest BCUT2D eigenvalue weighted by Gasteiger charge is 2.26. The van der Waals surface area contributed by atoms with Crippen LogP contribution in [0.25, 0.3) is 0 Å². The largest absolute Gasteiger partial charge is 0.489 e. The number of ether oxygens (including phenoxy) is 2. The molecule has 1 heterocycles. The van der Waals surface area contributed by atoms with Gasteiger partial charge in [-0.15, -0.1) is 0 Å². The lowest BCUT2D eigenvalue weighted by molar-refractivity contribution is -0.118. The standard InChI is InChI=1S/C17H13Br2NO4/c18-17(19)15(22)12-6-11(23-8-10-4-2-1-3-5-10)7-13-16(12)24-9-14(21)20-13/h1-7,17H,8-9H2,(H,20,21). The topological polar surface area (TPSA) is 64.6 Å². The molecule has 5 nitrogen and oxygen atoms in total. The lowest BCUT2D eigenvalue weighted by Crippen LogP contribution is -2.27. The van der Waals surface area contributed by atoms with Gasteiger partial charge in [0.15, 0.2) is 18.1 Å². The third-order valence-electron chi connectivity index (χ3n) is 3.40. The molecule has 1 N–H and O–H groups in total. The van der Waals surface area contributed by atoms with Crippen molar-refractivity contribution in [3.8, 4) is 11.5 Å². The van der Waals surface area contributed by atoms with Gasteiger partial charge in [0.2, 0.25) is 0 Å². The van der Waals surface area contributed by atoms with Gasteiger partial charge < -0.3 is 14.8 Å². The number of alkyl halides is 2. The molecule has 0 unspecified atom stereocenters. The van der Waals surface area contributed by atoms with Gasteiger partial charge in [-0.3, -0.25) is 9.59 Å². The Morgan fingerprint density at radius 2 is 2.00 bits per heavy atom. The zero-order valence-corrected chi connectivity index (χ0v) is 15.6. The number of ketones is 1. The quantitative estimate of drug-likeness (QED) is 0.549. The van der Waals surface area contributed by atoms with Crippen molar-refractivity contribution in [3.63, 3.8) is 0 Å². The predicted molar refractivity (Wildman–Crippen MR) is 97.3 cm³/mol. The van der Waals surface area contributed by atoms with E-state index in [0.29, 0.717) is 29.4 Å². The zero-order chi connectivity index (χ0) is 17.1. The van der Waals surface area contributed by atoms with Crippen LogP contribution in [0.3, 0.4) is 0 Å². The molecule has 1 aliphatic heterocycles. The normalized spacial score (nSPS) is 13.0. The Kier molecular flexibility index (Phi) is 5.20. The molecule has 1 amide bonds. The fourth-order valence-electron chi connectivity index (χ4n) is 2.30. The monoisotopic (exact) mass is 453 g/mol. The number of halogens is 2. The predicted octanol–water partition coefficient (Wildman–Crippen LogP) is 3.90. The summed E-state index contributed by atoms with van der Waals surface area (Å²) in [6.45, 7) is 0.237. The van der Waals surface area contributed by atoms with E-state index in [-0.39, 0.29) is 18.3 Å². The van der Waals surface area contributed by atoms with Crippen molar-refractivity contribution in [2.24, 2.45) is 0 Å². The second-order valence-electron chi connectivity index (χ2n) is 5.12. The molecule has 0 aliphatic carbocycles.